The van der Waals surface area contributed by atoms with Gasteiger partial charge in [-0.1, -0.05) is 6.07 Å². The van der Waals surface area contributed by atoms with Crippen LogP contribution in [0.15, 0.2) is 18.2 Å². The lowest BCUT2D eigenvalue weighted by Crippen LogP contribution is -2.41. The van der Waals surface area contributed by atoms with E-state index in [4.69, 9.17) is 5.11 Å². The third-order valence-electron chi connectivity index (χ3n) is 3.07. The van der Waals surface area contributed by atoms with Crippen LogP contribution in [0.5, 0.6) is 0 Å². The highest BCUT2D eigenvalue weighted by atomic mass is 32.2. The molecule has 6 heteroatoms. The largest absolute Gasteiger partial charge is 0.478 e. The maximum atomic E-state index is 11.4. The first-order chi connectivity index (χ1) is 8.39. The maximum Gasteiger partial charge on any atom is 0.337 e. The van der Waals surface area contributed by atoms with Gasteiger partial charge in [-0.15, -0.1) is 0 Å². The minimum absolute atomic E-state index is 0.0833. The van der Waals surface area contributed by atoms with Crippen molar-refractivity contribution in [3.8, 4) is 0 Å². The molecule has 0 aliphatic carbocycles. The van der Waals surface area contributed by atoms with Gasteiger partial charge in [-0.3, -0.25) is 0 Å². The van der Waals surface area contributed by atoms with E-state index < -0.39 is 15.8 Å². The zero-order chi connectivity index (χ0) is 13.3. The van der Waals surface area contributed by atoms with Crippen LogP contribution >= 0.6 is 0 Å². The van der Waals surface area contributed by atoms with Crippen molar-refractivity contribution in [2.24, 2.45) is 0 Å². The lowest BCUT2D eigenvalue weighted by atomic mass is 10.1. The van der Waals surface area contributed by atoms with Crippen LogP contribution in [0.1, 0.15) is 15.9 Å². The molecule has 0 saturated carbocycles. The van der Waals surface area contributed by atoms with E-state index in [1.54, 1.807) is 18.2 Å². The number of nitrogens with zero attached hydrogens (tertiary/aromatic N) is 1. The molecule has 5 nitrogen and oxygen atoms in total. The zero-order valence-corrected chi connectivity index (χ0v) is 10.9. The topological polar surface area (TPSA) is 74.7 Å². The molecule has 0 amide bonds. The van der Waals surface area contributed by atoms with Crippen molar-refractivity contribution in [1.29, 1.82) is 0 Å². The first kappa shape index (κ1) is 12.9. The van der Waals surface area contributed by atoms with Crippen LogP contribution in [0.4, 0.5) is 5.69 Å². The molecule has 0 spiro atoms. The number of hydrogen-bond donors (Lipinski definition) is 1. The summed E-state index contributed by atoms with van der Waals surface area (Å²) in [4.78, 5) is 13.0. The molecule has 0 bridgehead atoms. The Kier molecular flexibility index (Phi) is 3.30. The van der Waals surface area contributed by atoms with E-state index in [-0.39, 0.29) is 17.1 Å². The van der Waals surface area contributed by atoms with Crippen LogP contribution in [0.3, 0.4) is 0 Å². The Labute approximate surface area is 106 Å². The fraction of sp³-hybridized carbons (Fsp3) is 0.417. The quantitative estimate of drug-likeness (QED) is 0.864. The second-order valence-electron chi connectivity index (χ2n) is 4.46. The average molecular weight is 269 g/mol. The van der Waals surface area contributed by atoms with E-state index in [2.05, 4.69) is 0 Å². The van der Waals surface area contributed by atoms with Gasteiger partial charge in [-0.05, 0) is 24.6 Å². The summed E-state index contributed by atoms with van der Waals surface area (Å²) in [6.07, 6.45) is 0. The van der Waals surface area contributed by atoms with Gasteiger partial charge in [0.05, 0.1) is 22.8 Å². The molecular weight excluding hydrogens is 254 g/mol. The molecule has 0 radical (unpaired) electrons. The number of rotatable bonds is 2. The van der Waals surface area contributed by atoms with Gasteiger partial charge >= 0.3 is 5.97 Å². The van der Waals surface area contributed by atoms with E-state index in [0.29, 0.717) is 18.8 Å². The summed E-state index contributed by atoms with van der Waals surface area (Å²) in [7, 11) is -2.96. The highest BCUT2D eigenvalue weighted by Gasteiger charge is 2.24. The van der Waals surface area contributed by atoms with E-state index in [1.165, 1.54) is 0 Å². The van der Waals surface area contributed by atoms with Crippen molar-refractivity contribution >= 4 is 21.5 Å². The number of carbonyl (C=O) groups is 1. The molecule has 0 atom stereocenters. The highest BCUT2D eigenvalue weighted by molar-refractivity contribution is 7.91. The smallest absolute Gasteiger partial charge is 0.337 e. The third kappa shape index (κ3) is 2.64. The molecule has 1 saturated heterocycles. The molecule has 1 aromatic carbocycles. The first-order valence-electron chi connectivity index (χ1n) is 5.68. The standard InChI is InChI=1S/C12H15NO4S/c1-9-2-3-10(12(14)15)11(8-9)13-4-6-18(16,17)7-5-13/h2-3,8H,4-7H2,1H3,(H,14,15). The number of sulfone groups is 1. The molecule has 2 rings (SSSR count). The molecule has 1 fully saturated rings. The van der Waals surface area contributed by atoms with Gasteiger partial charge in [-0.25, -0.2) is 13.2 Å². The third-order valence-corrected chi connectivity index (χ3v) is 4.68. The number of aromatic carboxylic acids is 1. The van der Waals surface area contributed by atoms with E-state index in [9.17, 15) is 13.2 Å². The van der Waals surface area contributed by atoms with Crippen LogP contribution < -0.4 is 4.90 Å². The van der Waals surface area contributed by atoms with Gasteiger partial charge in [0, 0.05) is 13.1 Å². The Hall–Kier alpha value is -1.56. The Bertz CT molecular complexity index is 566. The summed E-state index contributed by atoms with van der Waals surface area (Å²) in [5, 5.41) is 9.14. The molecule has 98 valence electrons. The minimum atomic E-state index is -2.96. The predicted molar refractivity (Wildman–Crippen MR) is 69.0 cm³/mol. The predicted octanol–water partition coefficient (Wildman–Crippen LogP) is 0.928. The van der Waals surface area contributed by atoms with Crippen molar-refractivity contribution in [2.45, 2.75) is 6.92 Å². The SMILES string of the molecule is Cc1ccc(C(=O)O)c(N2CCS(=O)(=O)CC2)c1. The summed E-state index contributed by atoms with van der Waals surface area (Å²) >= 11 is 0. The van der Waals surface area contributed by atoms with E-state index in [0.717, 1.165) is 5.56 Å². The molecule has 1 heterocycles. The van der Waals surface area contributed by atoms with Gasteiger partial charge in [-0.2, -0.15) is 0 Å². The summed E-state index contributed by atoms with van der Waals surface area (Å²) in [6.45, 7) is 2.59. The van der Waals surface area contributed by atoms with Crippen molar-refractivity contribution in [1.82, 2.24) is 0 Å². The number of aryl methyl sites for hydroxylation is 1. The molecule has 0 unspecified atom stereocenters. The van der Waals surface area contributed by atoms with Crippen molar-refractivity contribution in [2.75, 3.05) is 29.5 Å². The van der Waals surface area contributed by atoms with Crippen molar-refractivity contribution < 1.29 is 18.3 Å². The van der Waals surface area contributed by atoms with Crippen LogP contribution in [-0.2, 0) is 9.84 Å². The number of carboxylic acid groups (broad SMARTS) is 1. The normalized spacial score (nSPS) is 18.6. The van der Waals surface area contributed by atoms with E-state index in [1.807, 2.05) is 11.8 Å². The molecule has 18 heavy (non-hydrogen) atoms. The molecule has 1 aliphatic heterocycles. The number of anilines is 1. The van der Waals surface area contributed by atoms with Crippen LogP contribution in [-0.4, -0.2) is 44.1 Å². The average Bonchev–Trinajstić information content (AvgIpc) is 2.28. The highest BCUT2D eigenvalue weighted by Crippen LogP contribution is 2.24. The second kappa shape index (κ2) is 4.61. The van der Waals surface area contributed by atoms with Crippen molar-refractivity contribution in [3.05, 3.63) is 29.3 Å². The van der Waals surface area contributed by atoms with Gasteiger partial charge in [0.1, 0.15) is 0 Å². The lowest BCUT2D eigenvalue weighted by molar-refractivity contribution is 0.0697. The Morgan fingerprint density at radius 3 is 2.44 bits per heavy atom. The Morgan fingerprint density at radius 2 is 1.89 bits per heavy atom. The fourth-order valence-electron chi connectivity index (χ4n) is 2.04. The number of hydrogen-bond acceptors (Lipinski definition) is 4. The van der Waals surface area contributed by atoms with Gasteiger partial charge in [0.2, 0.25) is 0 Å². The Balaban J connectivity index is 2.33. The summed E-state index contributed by atoms with van der Waals surface area (Å²) in [5.41, 5.74) is 1.79. The molecule has 1 aromatic rings. The van der Waals surface area contributed by atoms with Gasteiger partial charge < -0.3 is 10.0 Å². The summed E-state index contributed by atoms with van der Waals surface area (Å²) in [6, 6.07) is 5.10. The van der Waals surface area contributed by atoms with Crippen LogP contribution in [0.25, 0.3) is 0 Å². The van der Waals surface area contributed by atoms with Crippen molar-refractivity contribution in [3.63, 3.8) is 0 Å². The van der Waals surface area contributed by atoms with Gasteiger partial charge in [0.25, 0.3) is 0 Å². The number of carboxylic acids is 1. The monoisotopic (exact) mass is 269 g/mol. The zero-order valence-electron chi connectivity index (χ0n) is 10.1. The van der Waals surface area contributed by atoms with Crippen LogP contribution in [0.2, 0.25) is 0 Å². The number of benzene rings is 1. The summed E-state index contributed by atoms with van der Waals surface area (Å²) < 4.78 is 22.7. The van der Waals surface area contributed by atoms with E-state index >= 15 is 0 Å². The molecule has 1 N–H and O–H groups in total. The molecule has 0 aromatic heterocycles. The lowest BCUT2D eigenvalue weighted by Gasteiger charge is -2.30. The molecule has 1 aliphatic rings. The van der Waals surface area contributed by atoms with Gasteiger partial charge in [0.15, 0.2) is 9.84 Å². The Morgan fingerprint density at radius 1 is 1.28 bits per heavy atom. The van der Waals surface area contributed by atoms with Crippen LogP contribution in [0, 0.1) is 6.92 Å². The molecular formula is C12H15NO4S. The maximum absolute atomic E-state index is 11.4. The summed E-state index contributed by atoms with van der Waals surface area (Å²) in [5.74, 6) is -0.821. The first-order valence-corrected chi connectivity index (χ1v) is 7.50. The minimum Gasteiger partial charge on any atom is -0.478 e. The second-order valence-corrected chi connectivity index (χ2v) is 6.77. The fourth-order valence-corrected chi connectivity index (χ4v) is 3.24.